The van der Waals surface area contributed by atoms with Gasteiger partial charge in [-0.3, -0.25) is 0 Å². The molecule has 3 aliphatic heterocycles. The van der Waals surface area contributed by atoms with Crippen LogP contribution in [0.2, 0.25) is 0 Å². The molecule has 12 heteroatoms. The number of nitrogens with zero attached hydrogens (tertiary/aromatic N) is 3. The third-order valence-corrected chi connectivity index (χ3v) is 13.4. The van der Waals surface area contributed by atoms with Crippen molar-refractivity contribution in [3.8, 4) is 22.3 Å². The molecule has 3 amide bonds. The standard InChI is InChI=1S/C51H47N3O6S3/c1-49(2,3)58-46(55)52-34-14-10-12-16-40(34)61-42-26-30(18-22-36(42)52)32-20-24-38-44(28-32)63-45-29-33(21-25-39(45)54(38)48(57)60-51(7,8)9)31-19-23-37-43(27-31)62-41-17-13-11-15-35(41)53(37)47(56)59-50(4,5)6/h10-29H,1-9H3. The molecule has 0 saturated heterocycles. The van der Waals surface area contributed by atoms with Crippen molar-refractivity contribution in [2.45, 2.75) is 108 Å². The smallest absolute Gasteiger partial charge is 0.419 e. The number of hydrogen-bond acceptors (Lipinski definition) is 9. The van der Waals surface area contributed by atoms with Crippen LogP contribution in [0.1, 0.15) is 62.3 Å². The summed E-state index contributed by atoms with van der Waals surface area (Å²) in [5, 5.41) is 0. The molecule has 0 atom stereocenters. The third kappa shape index (κ3) is 8.51. The first-order valence-corrected chi connectivity index (χ1v) is 23.1. The largest absolute Gasteiger partial charge is 0.443 e. The van der Waals surface area contributed by atoms with Gasteiger partial charge in [0.2, 0.25) is 0 Å². The van der Waals surface area contributed by atoms with Crippen LogP contribution in [-0.4, -0.2) is 35.1 Å². The van der Waals surface area contributed by atoms with Crippen LogP contribution in [0.15, 0.2) is 151 Å². The fourth-order valence-corrected chi connectivity index (χ4v) is 10.9. The van der Waals surface area contributed by atoms with Gasteiger partial charge in [-0.05, 0) is 157 Å². The summed E-state index contributed by atoms with van der Waals surface area (Å²) in [4.78, 5) is 52.0. The number of hydrogen-bond donors (Lipinski definition) is 0. The van der Waals surface area contributed by atoms with Crippen LogP contribution in [0.4, 0.5) is 48.5 Å². The van der Waals surface area contributed by atoms with E-state index in [1.807, 2.05) is 159 Å². The van der Waals surface area contributed by atoms with Gasteiger partial charge in [-0.1, -0.05) is 83.8 Å². The predicted octanol–water partition coefficient (Wildman–Crippen LogP) is 15.6. The first-order valence-electron chi connectivity index (χ1n) is 20.7. The Morgan fingerprint density at radius 3 is 0.857 bits per heavy atom. The molecule has 0 unspecified atom stereocenters. The van der Waals surface area contributed by atoms with Crippen molar-refractivity contribution in [1.29, 1.82) is 0 Å². The number of anilines is 6. The minimum absolute atomic E-state index is 0.433. The van der Waals surface area contributed by atoms with Crippen LogP contribution >= 0.6 is 35.3 Å². The molecular weight excluding hydrogens is 847 g/mol. The Kier molecular flexibility index (Phi) is 10.6. The van der Waals surface area contributed by atoms with Gasteiger partial charge in [0, 0.05) is 29.4 Å². The quantitative estimate of drug-likeness (QED) is 0.158. The number of ether oxygens (including phenoxy) is 3. The normalized spacial score (nSPS) is 14.0. The molecule has 0 aliphatic carbocycles. The average Bonchev–Trinajstić information content (AvgIpc) is 3.20. The number of rotatable bonds is 2. The summed E-state index contributed by atoms with van der Waals surface area (Å²) >= 11 is 4.83. The van der Waals surface area contributed by atoms with Crippen LogP contribution < -0.4 is 14.7 Å². The number of fused-ring (bicyclic) bond motifs is 6. The highest BCUT2D eigenvalue weighted by Gasteiger charge is 2.36. The van der Waals surface area contributed by atoms with Crippen molar-refractivity contribution in [3.05, 3.63) is 121 Å². The number of amides is 3. The summed E-state index contributed by atoms with van der Waals surface area (Å²) < 4.78 is 17.7. The molecule has 320 valence electrons. The summed E-state index contributed by atoms with van der Waals surface area (Å²) in [7, 11) is 0. The van der Waals surface area contributed by atoms with E-state index in [0.29, 0.717) is 0 Å². The van der Waals surface area contributed by atoms with E-state index in [0.717, 1.165) is 85.8 Å². The monoisotopic (exact) mass is 893 g/mol. The Hall–Kier alpha value is -5.82. The molecule has 3 heterocycles. The zero-order chi connectivity index (χ0) is 44.6. The van der Waals surface area contributed by atoms with Gasteiger partial charge in [-0.25, -0.2) is 29.1 Å². The first kappa shape index (κ1) is 42.5. The Bertz CT molecular complexity index is 2680. The predicted molar refractivity (Wildman–Crippen MR) is 254 cm³/mol. The maximum Gasteiger partial charge on any atom is 0.419 e. The van der Waals surface area contributed by atoms with Crippen LogP contribution in [0.3, 0.4) is 0 Å². The molecule has 3 aliphatic rings. The molecule has 9 nitrogen and oxygen atoms in total. The maximum absolute atomic E-state index is 14.1. The van der Waals surface area contributed by atoms with E-state index in [1.165, 1.54) is 0 Å². The molecule has 6 aromatic rings. The van der Waals surface area contributed by atoms with Crippen molar-refractivity contribution in [2.24, 2.45) is 0 Å². The molecular formula is C51H47N3O6S3. The third-order valence-electron chi connectivity index (χ3n) is 10.1. The Morgan fingerprint density at radius 1 is 0.349 bits per heavy atom. The lowest BCUT2D eigenvalue weighted by atomic mass is 10.0. The molecule has 0 spiro atoms. The second-order valence-corrected chi connectivity index (χ2v) is 21.7. The van der Waals surface area contributed by atoms with Crippen LogP contribution in [-0.2, 0) is 14.2 Å². The van der Waals surface area contributed by atoms with Crippen molar-refractivity contribution in [1.82, 2.24) is 0 Å². The zero-order valence-corrected chi connectivity index (χ0v) is 39.0. The van der Waals surface area contributed by atoms with E-state index >= 15 is 0 Å². The summed E-state index contributed by atoms with van der Waals surface area (Å²) in [6, 6.07) is 40.1. The van der Waals surface area contributed by atoms with Gasteiger partial charge in [0.05, 0.1) is 34.1 Å². The second kappa shape index (κ2) is 15.8. The van der Waals surface area contributed by atoms with Crippen molar-refractivity contribution in [3.63, 3.8) is 0 Å². The van der Waals surface area contributed by atoms with E-state index in [4.69, 9.17) is 14.2 Å². The molecule has 0 fully saturated rings. The van der Waals surface area contributed by atoms with Crippen LogP contribution in [0.25, 0.3) is 22.3 Å². The van der Waals surface area contributed by atoms with E-state index in [-0.39, 0.29) is 0 Å². The summed E-state index contributed by atoms with van der Waals surface area (Å²) in [5.41, 5.74) is 6.31. The minimum Gasteiger partial charge on any atom is -0.443 e. The summed E-state index contributed by atoms with van der Waals surface area (Å²) in [6.45, 7) is 16.8. The highest BCUT2D eigenvalue weighted by atomic mass is 32.2. The lowest BCUT2D eigenvalue weighted by molar-refractivity contribution is 0.0586. The highest BCUT2D eigenvalue weighted by Crippen LogP contribution is 2.54. The fourth-order valence-electron chi connectivity index (χ4n) is 7.55. The molecule has 0 radical (unpaired) electrons. The SMILES string of the molecule is CC(C)(C)OC(=O)N1c2ccccc2Sc2cc(-c3ccc4c(c3)Sc3cc(-c5ccc6c(c5)Sc5ccccc5N6C(=O)OC(C)(C)C)ccc3N4C(=O)OC(C)(C)C)ccc21. The number of para-hydroxylation sites is 2. The number of carbonyl (C=O) groups is 3. The lowest BCUT2D eigenvalue weighted by Crippen LogP contribution is -2.35. The zero-order valence-electron chi connectivity index (χ0n) is 36.6. The average molecular weight is 894 g/mol. The van der Waals surface area contributed by atoms with Crippen LogP contribution in [0.5, 0.6) is 0 Å². The van der Waals surface area contributed by atoms with Crippen molar-refractivity contribution >= 4 is 87.7 Å². The van der Waals surface area contributed by atoms with Gasteiger partial charge < -0.3 is 14.2 Å². The van der Waals surface area contributed by atoms with Gasteiger partial charge in [-0.15, -0.1) is 0 Å². The minimum atomic E-state index is -0.721. The molecule has 0 bridgehead atoms. The fraction of sp³-hybridized carbons (Fsp3) is 0.235. The van der Waals surface area contributed by atoms with E-state index in [2.05, 4.69) is 24.3 Å². The summed E-state index contributed by atoms with van der Waals surface area (Å²) in [6.07, 6.45) is -1.34. The topological polar surface area (TPSA) is 88.6 Å². The second-order valence-electron chi connectivity index (χ2n) is 18.4. The van der Waals surface area contributed by atoms with Gasteiger partial charge in [0.25, 0.3) is 0 Å². The Labute approximate surface area is 381 Å². The number of carbonyl (C=O) groups excluding carboxylic acids is 3. The van der Waals surface area contributed by atoms with E-state index in [1.54, 1.807) is 50.0 Å². The molecule has 9 rings (SSSR count). The van der Waals surface area contributed by atoms with E-state index < -0.39 is 35.1 Å². The molecule has 0 aromatic heterocycles. The van der Waals surface area contributed by atoms with Crippen LogP contribution in [0, 0.1) is 0 Å². The molecule has 63 heavy (non-hydrogen) atoms. The molecule has 0 N–H and O–H groups in total. The van der Waals surface area contributed by atoms with Crippen molar-refractivity contribution < 1.29 is 28.6 Å². The van der Waals surface area contributed by atoms with Gasteiger partial charge in [-0.2, -0.15) is 0 Å². The van der Waals surface area contributed by atoms with Gasteiger partial charge in [0.1, 0.15) is 16.8 Å². The molecule has 0 saturated carbocycles. The highest BCUT2D eigenvalue weighted by molar-refractivity contribution is 8.00. The van der Waals surface area contributed by atoms with Gasteiger partial charge in [0.15, 0.2) is 0 Å². The summed E-state index contributed by atoms with van der Waals surface area (Å²) in [5.74, 6) is 0. The number of benzene rings is 6. The first-order chi connectivity index (χ1) is 29.8. The Morgan fingerprint density at radius 2 is 0.587 bits per heavy atom. The molecule has 6 aromatic carbocycles. The van der Waals surface area contributed by atoms with Gasteiger partial charge >= 0.3 is 18.3 Å². The maximum atomic E-state index is 14.1. The van der Waals surface area contributed by atoms with Crippen molar-refractivity contribution in [2.75, 3.05) is 14.7 Å². The Balaban J connectivity index is 1.08. The van der Waals surface area contributed by atoms with E-state index in [9.17, 15) is 14.4 Å². The lowest BCUT2D eigenvalue weighted by Gasteiger charge is -2.34.